The Bertz CT molecular complexity index is 366. The van der Waals surface area contributed by atoms with E-state index < -0.39 is 68.0 Å². The quantitative estimate of drug-likeness (QED) is 0.269. The zero-order valence-corrected chi connectivity index (χ0v) is 11.8. The lowest BCUT2D eigenvalue weighted by Crippen LogP contribution is -2.63. The Balaban J connectivity index is 2.10. The minimum atomic E-state index is -1.70. The van der Waals surface area contributed by atoms with Crippen LogP contribution < -0.4 is 0 Å². The van der Waals surface area contributed by atoms with Crippen LogP contribution in [-0.4, -0.2) is 104 Å². The first-order valence-corrected chi connectivity index (χ1v) is 6.93. The number of rotatable bonds is 3. The van der Waals surface area contributed by atoms with Crippen LogP contribution in [0.4, 0.5) is 0 Å². The lowest BCUT2D eigenvalue weighted by atomic mass is 9.97. The summed E-state index contributed by atoms with van der Waals surface area (Å²) in [5, 5.41) is 67.3. The van der Waals surface area contributed by atoms with Crippen LogP contribution in [0.15, 0.2) is 0 Å². The van der Waals surface area contributed by atoms with Crippen molar-refractivity contribution in [1.29, 1.82) is 0 Å². The third-order valence-electron chi connectivity index (χ3n) is 3.94. The molecule has 0 aromatic rings. The van der Waals surface area contributed by atoms with Gasteiger partial charge < -0.3 is 50.0 Å². The van der Waals surface area contributed by atoms with E-state index in [4.69, 9.17) is 14.2 Å². The van der Waals surface area contributed by atoms with Crippen LogP contribution >= 0.6 is 0 Å². The molecule has 0 bridgehead atoms. The lowest BCUT2D eigenvalue weighted by Gasteiger charge is -2.44. The van der Waals surface area contributed by atoms with Gasteiger partial charge in [-0.15, -0.1) is 0 Å². The van der Waals surface area contributed by atoms with Crippen LogP contribution in [0.5, 0.6) is 0 Å². The summed E-state index contributed by atoms with van der Waals surface area (Å²) in [6.07, 6.45) is -14.2. The van der Waals surface area contributed by atoms with Gasteiger partial charge in [-0.25, -0.2) is 0 Å². The van der Waals surface area contributed by atoms with Gasteiger partial charge in [0.2, 0.25) is 0 Å². The number of hydrogen-bond donors (Lipinski definition) is 7. The molecule has 0 amide bonds. The molecule has 22 heavy (non-hydrogen) atoms. The Kier molecular flexibility index (Phi) is 5.72. The highest BCUT2D eigenvalue weighted by Crippen LogP contribution is 2.28. The van der Waals surface area contributed by atoms with Crippen LogP contribution in [0.25, 0.3) is 0 Å². The van der Waals surface area contributed by atoms with Gasteiger partial charge in [-0.2, -0.15) is 0 Å². The summed E-state index contributed by atoms with van der Waals surface area (Å²) in [7, 11) is 0. The molecule has 2 heterocycles. The van der Waals surface area contributed by atoms with Crippen molar-refractivity contribution < 1.29 is 50.0 Å². The molecule has 10 heteroatoms. The van der Waals surface area contributed by atoms with E-state index >= 15 is 0 Å². The Labute approximate surface area is 126 Å². The Hall–Kier alpha value is -0.400. The zero-order valence-electron chi connectivity index (χ0n) is 11.8. The van der Waals surface area contributed by atoms with Gasteiger partial charge in [-0.05, 0) is 6.92 Å². The van der Waals surface area contributed by atoms with Gasteiger partial charge in [0.15, 0.2) is 12.6 Å². The molecule has 0 spiro atoms. The normalized spacial score (nSPS) is 53.5. The van der Waals surface area contributed by atoms with Crippen LogP contribution in [0.2, 0.25) is 0 Å². The fraction of sp³-hybridized carbons (Fsp3) is 1.00. The molecular formula is C12H22O10. The van der Waals surface area contributed by atoms with E-state index in [2.05, 4.69) is 0 Å². The molecule has 2 aliphatic heterocycles. The maximum absolute atomic E-state index is 9.93. The summed E-state index contributed by atoms with van der Waals surface area (Å²) in [6, 6.07) is 0. The Morgan fingerprint density at radius 3 is 2.05 bits per heavy atom. The predicted molar refractivity (Wildman–Crippen MR) is 67.2 cm³/mol. The predicted octanol–water partition coefficient (Wildman–Crippen LogP) is -4.37. The number of aliphatic hydroxyl groups is 7. The molecule has 2 rings (SSSR count). The summed E-state index contributed by atoms with van der Waals surface area (Å²) in [5.74, 6) is 0. The highest BCUT2D eigenvalue weighted by atomic mass is 16.7. The van der Waals surface area contributed by atoms with Crippen LogP contribution in [0, 0.1) is 0 Å². The molecule has 0 aromatic carbocycles. The molecule has 10 atom stereocenters. The molecule has 0 saturated carbocycles. The van der Waals surface area contributed by atoms with Crippen molar-refractivity contribution in [3.05, 3.63) is 0 Å². The van der Waals surface area contributed by atoms with Crippen LogP contribution in [0.3, 0.4) is 0 Å². The Morgan fingerprint density at radius 2 is 1.45 bits per heavy atom. The molecule has 2 aliphatic rings. The SMILES string of the molecule is CC1O[C@H](O[C@H]2C(CO)OC(O)C(O)[C@H]2O)C(O)[C@H](O)[C@H]1O. The second-order valence-corrected chi connectivity index (χ2v) is 5.51. The maximum Gasteiger partial charge on any atom is 0.187 e. The zero-order chi connectivity index (χ0) is 16.6. The molecule has 0 aromatic heterocycles. The molecule has 2 fully saturated rings. The molecule has 7 N–H and O–H groups in total. The van der Waals surface area contributed by atoms with E-state index in [-0.39, 0.29) is 0 Å². The fourth-order valence-corrected chi connectivity index (χ4v) is 2.52. The highest BCUT2D eigenvalue weighted by Gasteiger charge is 2.49. The second kappa shape index (κ2) is 7.01. The molecular weight excluding hydrogens is 304 g/mol. The number of ether oxygens (including phenoxy) is 3. The first-order chi connectivity index (χ1) is 10.3. The van der Waals surface area contributed by atoms with Crippen molar-refractivity contribution in [2.45, 2.75) is 68.3 Å². The summed E-state index contributed by atoms with van der Waals surface area (Å²) < 4.78 is 15.4. The Morgan fingerprint density at radius 1 is 0.818 bits per heavy atom. The number of hydrogen-bond acceptors (Lipinski definition) is 10. The van der Waals surface area contributed by atoms with Gasteiger partial charge in [-0.1, -0.05) is 0 Å². The summed E-state index contributed by atoms with van der Waals surface area (Å²) in [4.78, 5) is 0. The van der Waals surface area contributed by atoms with Gasteiger partial charge >= 0.3 is 0 Å². The van der Waals surface area contributed by atoms with E-state index in [9.17, 15) is 35.7 Å². The van der Waals surface area contributed by atoms with Gasteiger partial charge in [0.25, 0.3) is 0 Å². The molecule has 10 nitrogen and oxygen atoms in total. The minimum absolute atomic E-state index is 0.630. The van der Waals surface area contributed by atoms with Crippen LogP contribution in [-0.2, 0) is 14.2 Å². The third-order valence-corrected chi connectivity index (χ3v) is 3.94. The average Bonchev–Trinajstić information content (AvgIpc) is 2.50. The fourth-order valence-electron chi connectivity index (χ4n) is 2.52. The van der Waals surface area contributed by atoms with E-state index in [1.807, 2.05) is 0 Å². The van der Waals surface area contributed by atoms with Gasteiger partial charge in [0.05, 0.1) is 12.7 Å². The van der Waals surface area contributed by atoms with E-state index in [1.54, 1.807) is 0 Å². The summed E-state index contributed by atoms with van der Waals surface area (Å²) >= 11 is 0. The van der Waals surface area contributed by atoms with E-state index in [0.29, 0.717) is 0 Å². The van der Waals surface area contributed by atoms with Gasteiger partial charge in [-0.3, -0.25) is 0 Å². The standard InChI is InChI=1S/C12H22O10/c1-3-5(14)6(15)9(18)12(20-3)22-10-4(2-13)21-11(19)8(17)7(10)16/h3-19H,2H2,1H3/t3?,4?,5-,6+,7+,8?,9?,10-,11?,12+/m0/s1. The molecule has 2 saturated heterocycles. The third kappa shape index (κ3) is 3.26. The summed E-state index contributed by atoms with van der Waals surface area (Å²) in [6.45, 7) is 0.821. The molecule has 130 valence electrons. The largest absolute Gasteiger partial charge is 0.394 e. The highest BCUT2D eigenvalue weighted by molar-refractivity contribution is 4.93. The summed E-state index contributed by atoms with van der Waals surface area (Å²) in [5.41, 5.74) is 0. The van der Waals surface area contributed by atoms with E-state index in [0.717, 1.165) is 0 Å². The van der Waals surface area contributed by atoms with Gasteiger partial charge in [0, 0.05) is 0 Å². The topological polar surface area (TPSA) is 169 Å². The van der Waals surface area contributed by atoms with Crippen molar-refractivity contribution in [3.8, 4) is 0 Å². The smallest absolute Gasteiger partial charge is 0.187 e. The molecule has 5 unspecified atom stereocenters. The first kappa shape index (κ1) is 17.9. The van der Waals surface area contributed by atoms with Crippen molar-refractivity contribution in [3.63, 3.8) is 0 Å². The molecule has 0 aliphatic carbocycles. The van der Waals surface area contributed by atoms with Crippen molar-refractivity contribution in [2.24, 2.45) is 0 Å². The first-order valence-electron chi connectivity index (χ1n) is 6.93. The second-order valence-electron chi connectivity index (χ2n) is 5.51. The number of aliphatic hydroxyl groups excluding tert-OH is 7. The average molecular weight is 326 g/mol. The minimum Gasteiger partial charge on any atom is -0.394 e. The monoisotopic (exact) mass is 326 g/mol. The van der Waals surface area contributed by atoms with Gasteiger partial charge in [0.1, 0.15) is 42.7 Å². The van der Waals surface area contributed by atoms with Crippen molar-refractivity contribution >= 4 is 0 Å². The molecule has 0 radical (unpaired) electrons. The van der Waals surface area contributed by atoms with Crippen molar-refractivity contribution in [1.82, 2.24) is 0 Å². The van der Waals surface area contributed by atoms with Crippen molar-refractivity contribution in [2.75, 3.05) is 6.61 Å². The van der Waals surface area contributed by atoms with E-state index in [1.165, 1.54) is 6.92 Å². The van der Waals surface area contributed by atoms with Crippen LogP contribution in [0.1, 0.15) is 6.92 Å². The maximum atomic E-state index is 9.93. The lowest BCUT2D eigenvalue weighted by molar-refractivity contribution is -0.352.